The van der Waals surface area contributed by atoms with E-state index in [2.05, 4.69) is 16.0 Å². The topological polar surface area (TPSA) is 194 Å². The molecular weight excluding hydrogens is 358 g/mol. The number of carbonyl (C=O) groups excluding carboxylic acids is 4. The Bertz CT molecular complexity index is 568. The second-order valence-electron chi connectivity index (χ2n) is 6.32. The van der Waals surface area contributed by atoms with Gasteiger partial charge in [0.1, 0.15) is 12.1 Å². The summed E-state index contributed by atoms with van der Waals surface area (Å²) in [4.78, 5) is 57.5. The van der Waals surface area contributed by atoms with Crippen LogP contribution >= 0.6 is 0 Å². The lowest BCUT2D eigenvalue weighted by Gasteiger charge is -2.19. The molecule has 27 heavy (non-hydrogen) atoms. The number of hydrogen-bond donors (Lipinski definition) is 6. The molecule has 8 N–H and O–H groups in total. The number of primary amides is 1. The molecule has 0 aliphatic rings. The first-order valence-electron chi connectivity index (χ1n) is 8.63. The third-order valence-electron chi connectivity index (χ3n) is 4.05. The molecule has 0 bridgehead atoms. The molecule has 4 unspecified atom stereocenters. The Labute approximate surface area is 157 Å². The molecule has 11 nitrogen and oxygen atoms in total. The van der Waals surface area contributed by atoms with E-state index in [0.29, 0.717) is 6.42 Å². The molecule has 0 spiro atoms. The van der Waals surface area contributed by atoms with Gasteiger partial charge >= 0.3 is 5.97 Å². The maximum absolute atomic E-state index is 12.0. The molecule has 0 saturated heterocycles. The maximum atomic E-state index is 12.0. The SMILES string of the molecule is CCC(C)C(N)C(=O)NCC(=O)NC(C)C(=O)NC(CCC(N)=O)C(=O)O. The zero-order valence-corrected chi connectivity index (χ0v) is 15.8. The molecule has 0 aromatic rings. The van der Waals surface area contributed by atoms with Crippen LogP contribution in [0.1, 0.15) is 40.0 Å². The van der Waals surface area contributed by atoms with Gasteiger partial charge in [-0.25, -0.2) is 4.79 Å². The van der Waals surface area contributed by atoms with E-state index in [0.717, 1.165) is 0 Å². The average Bonchev–Trinajstić information content (AvgIpc) is 2.60. The molecule has 154 valence electrons. The number of carboxylic acid groups (broad SMARTS) is 1. The standard InChI is InChI=1S/C16H29N5O6/c1-4-8(2)13(18)15(25)19-7-12(23)20-9(3)14(24)21-10(16(26)27)5-6-11(17)22/h8-10,13H,4-7,18H2,1-3H3,(H2,17,22)(H,19,25)(H,20,23)(H,21,24)(H,26,27). The van der Waals surface area contributed by atoms with Gasteiger partial charge in [0, 0.05) is 6.42 Å². The van der Waals surface area contributed by atoms with Gasteiger partial charge in [-0.3, -0.25) is 19.2 Å². The Morgan fingerprint density at radius 1 is 1.04 bits per heavy atom. The summed E-state index contributed by atoms with van der Waals surface area (Å²) in [6, 6.07) is -3.10. The fourth-order valence-electron chi connectivity index (χ4n) is 2.00. The Kier molecular flexibility index (Phi) is 10.7. The third kappa shape index (κ3) is 9.54. The second kappa shape index (κ2) is 11.8. The van der Waals surface area contributed by atoms with Crippen LogP contribution in [0.2, 0.25) is 0 Å². The van der Waals surface area contributed by atoms with E-state index in [1.165, 1.54) is 6.92 Å². The van der Waals surface area contributed by atoms with E-state index in [1.807, 2.05) is 13.8 Å². The van der Waals surface area contributed by atoms with Crippen LogP contribution in [0.3, 0.4) is 0 Å². The lowest BCUT2D eigenvalue weighted by atomic mass is 9.99. The first-order chi connectivity index (χ1) is 12.5. The third-order valence-corrected chi connectivity index (χ3v) is 4.05. The zero-order chi connectivity index (χ0) is 21.1. The van der Waals surface area contributed by atoms with Crippen molar-refractivity contribution < 1.29 is 29.1 Å². The molecule has 4 atom stereocenters. The van der Waals surface area contributed by atoms with Crippen LogP contribution < -0.4 is 27.4 Å². The van der Waals surface area contributed by atoms with E-state index in [1.54, 1.807) is 0 Å². The molecule has 0 saturated carbocycles. The van der Waals surface area contributed by atoms with Crippen molar-refractivity contribution in [3.63, 3.8) is 0 Å². The molecule has 0 aliphatic heterocycles. The van der Waals surface area contributed by atoms with Crippen molar-refractivity contribution in [2.24, 2.45) is 17.4 Å². The van der Waals surface area contributed by atoms with Crippen LogP contribution in [0.4, 0.5) is 0 Å². The van der Waals surface area contributed by atoms with Crippen LogP contribution in [0, 0.1) is 5.92 Å². The van der Waals surface area contributed by atoms with Gasteiger partial charge in [0.2, 0.25) is 23.6 Å². The summed E-state index contributed by atoms with van der Waals surface area (Å²) in [6.45, 7) is 4.68. The molecule has 0 aliphatic carbocycles. The van der Waals surface area contributed by atoms with Crippen molar-refractivity contribution in [2.45, 2.75) is 58.2 Å². The normalized spacial score (nSPS) is 15.0. The van der Waals surface area contributed by atoms with Crippen molar-refractivity contribution >= 4 is 29.6 Å². The Hall–Kier alpha value is -2.69. The molecule has 0 rings (SSSR count). The van der Waals surface area contributed by atoms with Gasteiger partial charge in [-0.2, -0.15) is 0 Å². The monoisotopic (exact) mass is 387 g/mol. The fourth-order valence-corrected chi connectivity index (χ4v) is 2.00. The number of amides is 4. The molecule has 0 radical (unpaired) electrons. The number of nitrogens with one attached hydrogen (secondary N) is 3. The highest BCUT2D eigenvalue weighted by molar-refractivity contribution is 5.92. The molecule has 4 amide bonds. The Morgan fingerprint density at radius 3 is 2.11 bits per heavy atom. The minimum Gasteiger partial charge on any atom is -0.480 e. The first kappa shape index (κ1) is 24.3. The largest absolute Gasteiger partial charge is 0.480 e. The van der Waals surface area contributed by atoms with Gasteiger partial charge in [-0.1, -0.05) is 20.3 Å². The van der Waals surface area contributed by atoms with Gasteiger partial charge in [-0.05, 0) is 19.3 Å². The van der Waals surface area contributed by atoms with Crippen molar-refractivity contribution in [3.05, 3.63) is 0 Å². The van der Waals surface area contributed by atoms with Crippen molar-refractivity contribution in [1.29, 1.82) is 0 Å². The molecule has 0 heterocycles. The Morgan fingerprint density at radius 2 is 1.63 bits per heavy atom. The van der Waals surface area contributed by atoms with Crippen LogP contribution in [-0.4, -0.2) is 59.4 Å². The number of carbonyl (C=O) groups is 5. The summed E-state index contributed by atoms with van der Waals surface area (Å²) in [5, 5.41) is 16.0. The van der Waals surface area contributed by atoms with Crippen LogP contribution in [-0.2, 0) is 24.0 Å². The number of aliphatic carboxylic acids is 1. The number of hydrogen-bond acceptors (Lipinski definition) is 6. The predicted molar refractivity (Wildman–Crippen MR) is 96.0 cm³/mol. The smallest absolute Gasteiger partial charge is 0.326 e. The number of rotatable bonds is 12. The van der Waals surface area contributed by atoms with Gasteiger partial charge in [0.15, 0.2) is 0 Å². The Balaban J connectivity index is 4.48. The summed E-state index contributed by atoms with van der Waals surface area (Å²) >= 11 is 0. The van der Waals surface area contributed by atoms with Crippen molar-refractivity contribution in [3.8, 4) is 0 Å². The molecule has 0 aromatic heterocycles. The molecule has 0 aromatic carbocycles. The van der Waals surface area contributed by atoms with Crippen LogP contribution in [0.15, 0.2) is 0 Å². The second-order valence-corrected chi connectivity index (χ2v) is 6.32. The fraction of sp³-hybridized carbons (Fsp3) is 0.688. The maximum Gasteiger partial charge on any atom is 0.326 e. The number of nitrogens with two attached hydrogens (primary N) is 2. The number of carboxylic acids is 1. The van der Waals surface area contributed by atoms with Crippen LogP contribution in [0.5, 0.6) is 0 Å². The molecule has 11 heteroatoms. The lowest BCUT2D eigenvalue weighted by Crippen LogP contribution is -2.53. The van der Waals surface area contributed by atoms with Crippen molar-refractivity contribution in [1.82, 2.24) is 16.0 Å². The highest BCUT2D eigenvalue weighted by Crippen LogP contribution is 2.04. The van der Waals surface area contributed by atoms with Gasteiger partial charge in [0.05, 0.1) is 12.6 Å². The first-order valence-corrected chi connectivity index (χ1v) is 8.63. The highest BCUT2D eigenvalue weighted by atomic mass is 16.4. The minimum absolute atomic E-state index is 0.0499. The van der Waals surface area contributed by atoms with Crippen molar-refractivity contribution in [2.75, 3.05) is 6.54 Å². The van der Waals surface area contributed by atoms with E-state index >= 15 is 0 Å². The molecular formula is C16H29N5O6. The summed E-state index contributed by atoms with van der Waals surface area (Å²) in [6.07, 6.45) is 0.333. The van der Waals surface area contributed by atoms with Gasteiger partial charge in [-0.15, -0.1) is 0 Å². The summed E-state index contributed by atoms with van der Waals surface area (Å²) in [5.41, 5.74) is 10.7. The predicted octanol–water partition coefficient (Wildman–Crippen LogP) is -2.18. The van der Waals surface area contributed by atoms with E-state index < -0.39 is 47.7 Å². The van der Waals surface area contributed by atoms with E-state index in [-0.39, 0.29) is 25.3 Å². The molecule has 0 fully saturated rings. The van der Waals surface area contributed by atoms with E-state index in [9.17, 15) is 24.0 Å². The summed E-state index contributed by atoms with van der Waals surface area (Å²) in [5.74, 6) is -3.92. The summed E-state index contributed by atoms with van der Waals surface area (Å²) < 4.78 is 0. The van der Waals surface area contributed by atoms with Gasteiger partial charge < -0.3 is 32.5 Å². The van der Waals surface area contributed by atoms with Crippen LogP contribution in [0.25, 0.3) is 0 Å². The zero-order valence-electron chi connectivity index (χ0n) is 15.8. The quantitative estimate of drug-likeness (QED) is 0.219. The highest BCUT2D eigenvalue weighted by Gasteiger charge is 2.25. The average molecular weight is 387 g/mol. The lowest BCUT2D eigenvalue weighted by molar-refractivity contribution is -0.142. The van der Waals surface area contributed by atoms with E-state index in [4.69, 9.17) is 16.6 Å². The summed E-state index contributed by atoms with van der Waals surface area (Å²) in [7, 11) is 0. The van der Waals surface area contributed by atoms with Gasteiger partial charge in [0.25, 0.3) is 0 Å². The minimum atomic E-state index is -1.32.